The molecule has 1 unspecified atom stereocenters. The lowest BCUT2D eigenvalue weighted by Gasteiger charge is -2.20. The first kappa shape index (κ1) is 20.0. The molecule has 28 heavy (non-hydrogen) atoms. The molecule has 0 spiro atoms. The summed E-state index contributed by atoms with van der Waals surface area (Å²) in [6, 6.07) is 12.3. The molecule has 3 N–H and O–H groups in total. The van der Waals surface area contributed by atoms with E-state index in [9.17, 15) is 9.59 Å². The summed E-state index contributed by atoms with van der Waals surface area (Å²) >= 11 is 6.06. The molecular weight excluding hydrogens is 382 g/mol. The number of fused-ring (bicyclic) bond motifs is 1. The molecule has 0 saturated heterocycles. The number of hydrogen-bond acceptors (Lipinski definition) is 4. The van der Waals surface area contributed by atoms with Crippen molar-refractivity contribution in [2.75, 3.05) is 43.5 Å². The van der Waals surface area contributed by atoms with Crippen LogP contribution in [0.25, 0.3) is 0 Å². The Hall–Kier alpha value is -2.77. The van der Waals surface area contributed by atoms with Gasteiger partial charge in [-0.2, -0.15) is 0 Å². The van der Waals surface area contributed by atoms with Gasteiger partial charge in [-0.05, 0) is 31.2 Å². The monoisotopic (exact) mass is 404 g/mol. The third-order valence-electron chi connectivity index (χ3n) is 4.29. The van der Waals surface area contributed by atoms with Gasteiger partial charge in [-0.3, -0.25) is 9.59 Å². The van der Waals surface area contributed by atoms with Crippen LogP contribution in [0.2, 0.25) is 5.02 Å². The number of carbonyl (C=O) groups is 2. The average Bonchev–Trinajstić information content (AvgIpc) is 2.69. The Labute approximate surface area is 168 Å². The smallest absolute Gasteiger partial charge is 0.279 e. The van der Waals surface area contributed by atoms with Crippen molar-refractivity contribution in [3.05, 3.63) is 47.5 Å². The van der Waals surface area contributed by atoms with Crippen LogP contribution in [0.15, 0.2) is 42.5 Å². The minimum Gasteiger partial charge on any atom is -0.486 e. The number of amides is 2. The third-order valence-corrected chi connectivity index (χ3v) is 4.62. The highest BCUT2D eigenvalue weighted by molar-refractivity contribution is 6.33. The van der Waals surface area contributed by atoms with Gasteiger partial charge in [-0.25, -0.2) is 0 Å². The lowest BCUT2D eigenvalue weighted by atomic mass is 10.2. The quantitative estimate of drug-likeness (QED) is 0.654. The number of halogens is 1. The molecule has 0 saturated carbocycles. The van der Waals surface area contributed by atoms with E-state index in [1.165, 1.54) is 0 Å². The molecule has 1 aliphatic rings. The van der Waals surface area contributed by atoms with Crippen molar-refractivity contribution >= 4 is 34.8 Å². The van der Waals surface area contributed by atoms with Crippen molar-refractivity contribution in [1.29, 1.82) is 0 Å². The Morgan fingerprint density at radius 2 is 1.68 bits per heavy atom. The Morgan fingerprint density at radius 3 is 2.39 bits per heavy atom. The summed E-state index contributed by atoms with van der Waals surface area (Å²) < 4.78 is 11.0. The summed E-state index contributed by atoms with van der Waals surface area (Å²) in [5, 5.41) is 6.10. The van der Waals surface area contributed by atoms with Crippen LogP contribution < -0.4 is 25.0 Å². The van der Waals surface area contributed by atoms with Crippen LogP contribution in [0.5, 0.6) is 11.5 Å². The van der Waals surface area contributed by atoms with Gasteiger partial charge in [0.15, 0.2) is 24.6 Å². The van der Waals surface area contributed by atoms with Crippen LogP contribution in [0, 0.1) is 0 Å². The Kier molecular flexibility index (Phi) is 6.73. The van der Waals surface area contributed by atoms with E-state index in [2.05, 4.69) is 10.6 Å². The number of likely N-dealkylation sites (N-methyl/N-ethyl adjacent to an activating group) is 1. The largest absolute Gasteiger partial charge is 0.486 e. The van der Waals surface area contributed by atoms with Gasteiger partial charge in [0, 0.05) is 11.8 Å². The predicted molar refractivity (Wildman–Crippen MR) is 107 cm³/mol. The zero-order valence-electron chi connectivity index (χ0n) is 15.6. The SMILES string of the molecule is CC[NH+](CC(=O)Nc1ccc2c(c1)OCCO2)CC(=O)Nc1ccccc1Cl. The second kappa shape index (κ2) is 9.43. The molecule has 0 aliphatic carbocycles. The highest BCUT2D eigenvalue weighted by atomic mass is 35.5. The molecule has 0 radical (unpaired) electrons. The van der Waals surface area contributed by atoms with Crippen molar-refractivity contribution in [1.82, 2.24) is 0 Å². The molecular formula is C20H23ClN3O4+. The number of hydrogen-bond donors (Lipinski definition) is 3. The molecule has 2 aromatic rings. The number of para-hydroxylation sites is 1. The molecule has 1 atom stereocenters. The normalized spacial score (nSPS) is 13.5. The predicted octanol–water partition coefficient (Wildman–Crippen LogP) is 1.59. The fourth-order valence-electron chi connectivity index (χ4n) is 2.85. The van der Waals surface area contributed by atoms with Gasteiger partial charge in [0.25, 0.3) is 11.8 Å². The fourth-order valence-corrected chi connectivity index (χ4v) is 3.03. The van der Waals surface area contributed by atoms with Gasteiger partial charge in [-0.1, -0.05) is 23.7 Å². The van der Waals surface area contributed by atoms with Crippen LogP contribution in [0.4, 0.5) is 11.4 Å². The minimum absolute atomic E-state index is 0.163. The standard InChI is InChI=1S/C20H22ClN3O4/c1-2-24(13-20(26)23-16-6-4-3-5-15(16)21)12-19(25)22-14-7-8-17-18(11-14)28-10-9-27-17/h3-8,11H,2,9-10,12-13H2,1H3,(H,22,25)(H,23,26)/p+1. The topological polar surface area (TPSA) is 81.1 Å². The molecule has 3 rings (SSSR count). The summed E-state index contributed by atoms with van der Waals surface area (Å²) in [6.07, 6.45) is 0. The van der Waals surface area contributed by atoms with E-state index in [1.54, 1.807) is 42.5 Å². The van der Waals surface area contributed by atoms with Crippen LogP contribution >= 0.6 is 11.6 Å². The first-order valence-corrected chi connectivity index (χ1v) is 9.50. The van der Waals surface area contributed by atoms with E-state index in [0.717, 1.165) is 4.90 Å². The number of rotatable bonds is 7. The molecule has 0 fully saturated rings. The maximum atomic E-state index is 12.4. The van der Waals surface area contributed by atoms with Crippen molar-refractivity contribution in [3.63, 3.8) is 0 Å². The Morgan fingerprint density at radius 1 is 1.00 bits per heavy atom. The van der Waals surface area contributed by atoms with Gasteiger partial charge in [0.2, 0.25) is 0 Å². The van der Waals surface area contributed by atoms with E-state index in [0.29, 0.717) is 47.7 Å². The van der Waals surface area contributed by atoms with Crippen LogP contribution in [0.1, 0.15) is 6.92 Å². The number of anilines is 2. The van der Waals surface area contributed by atoms with Gasteiger partial charge in [0.05, 0.1) is 17.3 Å². The summed E-state index contributed by atoms with van der Waals surface area (Å²) in [5.74, 6) is 0.903. The Bertz CT molecular complexity index is 859. The lowest BCUT2D eigenvalue weighted by Crippen LogP contribution is -3.13. The molecule has 1 aliphatic heterocycles. The molecule has 148 valence electrons. The highest BCUT2D eigenvalue weighted by Crippen LogP contribution is 2.32. The van der Waals surface area contributed by atoms with Crippen molar-refractivity contribution in [3.8, 4) is 11.5 Å². The average molecular weight is 405 g/mol. The first-order valence-electron chi connectivity index (χ1n) is 9.12. The number of carbonyl (C=O) groups excluding carboxylic acids is 2. The van der Waals surface area contributed by atoms with Gasteiger partial charge >= 0.3 is 0 Å². The van der Waals surface area contributed by atoms with E-state index in [-0.39, 0.29) is 24.9 Å². The molecule has 8 heteroatoms. The van der Waals surface area contributed by atoms with E-state index >= 15 is 0 Å². The third kappa shape index (κ3) is 5.37. The molecule has 7 nitrogen and oxygen atoms in total. The van der Waals surface area contributed by atoms with Gasteiger partial charge in [-0.15, -0.1) is 0 Å². The second-order valence-electron chi connectivity index (χ2n) is 6.39. The second-order valence-corrected chi connectivity index (χ2v) is 6.80. The molecule has 1 heterocycles. The molecule has 0 bridgehead atoms. The van der Waals surface area contributed by atoms with Crippen LogP contribution in [0.3, 0.4) is 0 Å². The zero-order chi connectivity index (χ0) is 19.9. The van der Waals surface area contributed by atoms with Crippen LogP contribution in [-0.4, -0.2) is 44.7 Å². The van der Waals surface area contributed by atoms with Crippen molar-refractivity contribution in [2.45, 2.75) is 6.92 Å². The zero-order valence-corrected chi connectivity index (χ0v) is 16.3. The van der Waals surface area contributed by atoms with Gasteiger partial charge < -0.3 is 25.0 Å². The molecule has 0 aromatic heterocycles. The fraction of sp³-hybridized carbons (Fsp3) is 0.300. The van der Waals surface area contributed by atoms with E-state index in [4.69, 9.17) is 21.1 Å². The number of nitrogens with one attached hydrogen (secondary N) is 3. The summed E-state index contributed by atoms with van der Waals surface area (Å²) in [7, 11) is 0. The number of ether oxygens (including phenoxy) is 2. The van der Waals surface area contributed by atoms with E-state index in [1.807, 2.05) is 6.92 Å². The lowest BCUT2D eigenvalue weighted by molar-refractivity contribution is -0.881. The maximum absolute atomic E-state index is 12.4. The molecule has 2 aromatic carbocycles. The molecule has 2 amide bonds. The van der Waals surface area contributed by atoms with Crippen LogP contribution in [-0.2, 0) is 9.59 Å². The van der Waals surface area contributed by atoms with E-state index < -0.39 is 0 Å². The Balaban J connectivity index is 1.53. The summed E-state index contributed by atoms with van der Waals surface area (Å²) in [6.45, 7) is 3.89. The van der Waals surface area contributed by atoms with Crippen molar-refractivity contribution < 1.29 is 24.0 Å². The maximum Gasteiger partial charge on any atom is 0.279 e. The number of benzene rings is 2. The summed E-state index contributed by atoms with van der Waals surface area (Å²) in [5.41, 5.74) is 1.19. The van der Waals surface area contributed by atoms with Gasteiger partial charge in [0.1, 0.15) is 13.2 Å². The summed E-state index contributed by atoms with van der Waals surface area (Å²) in [4.78, 5) is 25.5. The highest BCUT2D eigenvalue weighted by Gasteiger charge is 2.18. The van der Waals surface area contributed by atoms with Crippen molar-refractivity contribution in [2.24, 2.45) is 0 Å². The first-order chi connectivity index (χ1) is 13.5. The number of quaternary nitrogens is 1. The minimum atomic E-state index is -0.197.